The molecule has 0 amide bonds. The lowest BCUT2D eigenvalue weighted by molar-refractivity contribution is 0.313. The molecule has 1 saturated carbocycles. The maximum atomic E-state index is 3.77. The number of benzene rings is 1. The van der Waals surface area contributed by atoms with Crippen molar-refractivity contribution in [3.05, 3.63) is 35.9 Å². The van der Waals surface area contributed by atoms with E-state index in [4.69, 9.17) is 0 Å². The second-order valence-electron chi connectivity index (χ2n) is 5.51. The zero-order chi connectivity index (χ0) is 11.7. The van der Waals surface area contributed by atoms with Crippen molar-refractivity contribution in [1.82, 2.24) is 10.2 Å². The monoisotopic (exact) mass is 230 g/mol. The Morgan fingerprint density at radius 3 is 2.65 bits per heavy atom. The molecule has 1 unspecified atom stereocenters. The van der Waals surface area contributed by atoms with E-state index >= 15 is 0 Å². The molecular weight excluding hydrogens is 208 g/mol. The fourth-order valence-electron chi connectivity index (χ4n) is 2.89. The largest absolute Gasteiger partial charge is 0.306 e. The van der Waals surface area contributed by atoms with Gasteiger partial charge in [-0.2, -0.15) is 0 Å². The van der Waals surface area contributed by atoms with E-state index in [1.54, 1.807) is 0 Å². The molecule has 1 N–H and O–H groups in total. The third kappa shape index (κ3) is 2.70. The Balaban J connectivity index is 1.53. The standard InChI is InChI=1S/C15H22N2/c1-12(13-5-3-2-4-6-13)16-14-9-10-17(11-14)15-7-8-15/h2-6,12,14-16H,7-11H2,1H3/t12-,14?/m1/s1. The van der Waals surface area contributed by atoms with Gasteiger partial charge in [-0.3, -0.25) is 4.90 Å². The van der Waals surface area contributed by atoms with Crippen LogP contribution in [0.2, 0.25) is 0 Å². The molecule has 1 saturated heterocycles. The van der Waals surface area contributed by atoms with Crippen molar-refractivity contribution in [2.75, 3.05) is 13.1 Å². The van der Waals surface area contributed by atoms with Gasteiger partial charge < -0.3 is 5.32 Å². The fourth-order valence-corrected chi connectivity index (χ4v) is 2.89. The smallest absolute Gasteiger partial charge is 0.0294 e. The lowest BCUT2D eigenvalue weighted by Crippen LogP contribution is -2.34. The molecule has 0 aromatic heterocycles. The number of hydrogen-bond donors (Lipinski definition) is 1. The quantitative estimate of drug-likeness (QED) is 0.855. The minimum absolute atomic E-state index is 0.473. The number of nitrogens with zero attached hydrogens (tertiary/aromatic N) is 1. The van der Waals surface area contributed by atoms with Crippen LogP contribution in [-0.4, -0.2) is 30.1 Å². The molecule has 2 aliphatic rings. The average molecular weight is 230 g/mol. The Morgan fingerprint density at radius 2 is 1.94 bits per heavy atom. The van der Waals surface area contributed by atoms with Gasteiger partial charge in [-0.25, -0.2) is 0 Å². The first-order valence-electron chi connectivity index (χ1n) is 6.88. The van der Waals surface area contributed by atoms with E-state index in [9.17, 15) is 0 Å². The zero-order valence-electron chi connectivity index (χ0n) is 10.6. The third-order valence-electron chi connectivity index (χ3n) is 4.07. The van der Waals surface area contributed by atoms with Gasteiger partial charge in [-0.05, 0) is 31.7 Å². The molecule has 2 fully saturated rings. The Kier molecular flexibility index (Phi) is 3.17. The summed E-state index contributed by atoms with van der Waals surface area (Å²) in [6.07, 6.45) is 4.18. The molecule has 1 aliphatic carbocycles. The minimum atomic E-state index is 0.473. The van der Waals surface area contributed by atoms with E-state index in [2.05, 4.69) is 47.5 Å². The molecule has 3 rings (SSSR count). The normalized spacial score (nSPS) is 27.2. The highest BCUT2D eigenvalue weighted by Gasteiger charge is 2.34. The Bertz CT molecular complexity index is 358. The fraction of sp³-hybridized carbons (Fsp3) is 0.600. The molecule has 0 bridgehead atoms. The van der Waals surface area contributed by atoms with Crippen LogP contribution in [0.4, 0.5) is 0 Å². The summed E-state index contributed by atoms with van der Waals surface area (Å²) in [7, 11) is 0. The van der Waals surface area contributed by atoms with Gasteiger partial charge >= 0.3 is 0 Å². The third-order valence-corrected chi connectivity index (χ3v) is 4.07. The molecular formula is C15H22N2. The lowest BCUT2D eigenvalue weighted by Gasteiger charge is -2.20. The predicted molar refractivity (Wildman–Crippen MR) is 71.0 cm³/mol. The van der Waals surface area contributed by atoms with Crippen LogP contribution in [0.3, 0.4) is 0 Å². The predicted octanol–water partition coefficient (Wildman–Crippen LogP) is 2.57. The SMILES string of the molecule is C[C@@H](NC1CCN(C2CC2)C1)c1ccccc1. The first-order valence-corrected chi connectivity index (χ1v) is 6.88. The highest BCUT2D eigenvalue weighted by Crippen LogP contribution is 2.30. The van der Waals surface area contributed by atoms with Crippen LogP contribution in [0.15, 0.2) is 30.3 Å². The maximum absolute atomic E-state index is 3.77. The van der Waals surface area contributed by atoms with Gasteiger partial charge in [0, 0.05) is 31.2 Å². The summed E-state index contributed by atoms with van der Waals surface area (Å²) in [6.45, 7) is 4.82. The van der Waals surface area contributed by atoms with Gasteiger partial charge in [0.05, 0.1) is 0 Å². The van der Waals surface area contributed by atoms with E-state index in [1.165, 1.54) is 37.9 Å². The molecule has 17 heavy (non-hydrogen) atoms. The van der Waals surface area contributed by atoms with E-state index in [0.29, 0.717) is 12.1 Å². The van der Waals surface area contributed by atoms with Gasteiger partial charge in [0.2, 0.25) is 0 Å². The summed E-state index contributed by atoms with van der Waals surface area (Å²) in [5.41, 5.74) is 1.40. The van der Waals surface area contributed by atoms with Crippen molar-refractivity contribution >= 4 is 0 Å². The van der Waals surface area contributed by atoms with Gasteiger partial charge in [0.1, 0.15) is 0 Å². The summed E-state index contributed by atoms with van der Waals surface area (Å²) in [6, 6.07) is 12.8. The maximum Gasteiger partial charge on any atom is 0.0294 e. The van der Waals surface area contributed by atoms with Crippen molar-refractivity contribution in [2.24, 2.45) is 0 Å². The van der Waals surface area contributed by atoms with E-state index < -0.39 is 0 Å². The van der Waals surface area contributed by atoms with Crippen molar-refractivity contribution in [2.45, 2.75) is 44.3 Å². The molecule has 0 radical (unpaired) electrons. The Labute approximate surface area is 104 Å². The van der Waals surface area contributed by atoms with E-state index in [1.807, 2.05) is 0 Å². The van der Waals surface area contributed by atoms with Crippen LogP contribution in [0, 0.1) is 0 Å². The van der Waals surface area contributed by atoms with Gasteiger partial charge in [0.25, 0.3) is 0 Å². The summed E-state index contributed by atoms with van der Waals surface area (Å²) < 4.78 is 0. The van der Waals surface area contributed by atoms with Crippen molar-refractivity contribution in [3.8, 4) is 0 Å². The minimum Gasteiger partial charge on any atom is -0.306 e. The Morgan fingerprint density at radius 1 is 1.18 bits per heavy atom. The molecule has 92 valence electrons. The number of nitrogens with one attached hydrogen (secondary N) is 1. The van der Waals surface area contributed by atoms with Crippen LogP contribution in [0.25, 0.3) is 0 Å². The molecule has 1 aromatic rings. The Hall–Kier alpha value is -0.860. The second kappa shape index (κ2) is 4.79. The first-order chi connectivity index (χ1) is 8.33. The van der Waals surface area contributed by atoms with Crippen LogP contribution in [0.1, 0.15) is 37.8 Å². The zero-order valence-corrected chi connectivity index (χ0v) is 10.6. The van der Waals surface area contributed by atoms with Crippen LogP contribution < -0.4 is 5.32 Å². The van der Waals surface area contributed by atoms with E-state index in [-0.39, 0.29) is 0 Å². The molecule has 2 heteroatoms. The second-order valence-corrected chi connectivity index (χ2v) is 5.51. The van der Waals surface area contributed by atoms with Crippen LogP contribution in [0.5, 0.6) is 0 Å². The highest BCUT2D eigenvalue weighted by molar-refractivity contribution is 5.18. The van der Waals surface area contributed by atoms with Crippen LogP contribution in [-0.2, 0) is 0 Å². The molecule has 1 aromatic carbocycles. The summed E-state index contributed by atoms with van der Waals surface area (Å²) in [5.74, 6) is 0. The van der Waals surface area contributed by atoms with Gasteiger partial charge in [-0.1, -0.05) is 30.3 Å². The van der Waals surface area contributed by atoms with Crippen molar-refractivity contribution < 1.29 is 0 Å². The number of likely N-dealkylation sites (tertiary alicyclic amines) is 1. The summed E-state index contributed by atoms with van der Waals surface area (Å²) >= 11 is 0. The average Bonchev–Trinajstić information content (AvgIpc) is 3.12. The molecule has 1 aliphatic heterocycles. The molecule has 1 heterocycles. The molecule has 2 atom stereocenters. The van der Waals surface area contributed by atoms with Crippen molar-refractivity contribution in [1.29, 1.82) is 0 Å². The highest BCUT2D eigenvalue weighted by atomic mass is 15.2. The molecule has 2 nitrogen and oxygen atoms in total. The van der Waals surface area contributed by atoms with Crippen LogP contribution >= 0.6 is 0 Å². The topological polar surface area (TPSA) is 15.3 Å². The number of hydrogen-bond acceptors (Lipinski definition) is 2. The summed E-state index contributed by atoms with van der Waals surface area (Å²) in [5, 5.41) is 3.77. The summed E-state index contributed by atoms with van der Waals surface area (Å²) in [4.78, 5) is 2.66. The number of rotatable bonds is 4. The van der Waals surface area contributed by atoms with Gasteiger partial charge in [-0.15, -0.1) is 0 Å². The van der Waals surface area contributed by atoms with Crippen molar-refractivity contribution in [3.63, 3.8) is 0 Å². The first kappa shape index (κ1) is 11.2. The van der Waals surface area contributed by atoms with E-state index in [0.717, 1.165) is 6.04 Å². The van der Waals surface area contributed by atoms with Gasteiger partial charge in [0.15, 0.2) is 0 Å². The molecule has 0 spiro atoms. The lowest BCUT2D eigenvalue weighted by atomic mass is 10.1.